The highest BCUT2D eigenvalue weighted by Gasteiger charge is 2.23. The first kappa shape index (κ1) is 19.2. The standard InChI is InChI=1S/C23H23N7O/c1-2-5-18-13-20(25-19-8-3-6-15(12-19)22(31)26-17-9-10-17)30-23(27-18)28-21(29-30)16-7-4-11-24-14-16/h3-4,6-8,11-14,17,25H,2,5,9-10H2,1H3,(H,26,31). The number of rotatable bonds is 7. The molecular formula is C23H23N7O. The van der Waals surface area contributed by atoms with Crippen molar-refractivity contribution in [2.75, 3.05) is 5.32 Å². The number of nitrogens with one attached hydrogen (secondary N) is 2. The fraction of sp³-hybridized carbons (Fsp3) is 0.261. The lowest BCUT2D eigenvalue weighted by atomic mass is 10.2. The van der Waals surface area contributed by atoms with Gasteiger partial charge in [0, 0.05) is 47.0 Å². The summed E-state index contributed by atoms with van der Waals surface area (Å²) in [5.41, 5.74) is 3.20. The Labute approximate surface area is 179 Å². The summed E-state index contributed by atoms with van der Waals surface area (Å²) in [6.07, 6.45) is 7.38. The van der Waals surface area contributed by atoms with Crippen LogP contribution in [0.4, 0.5) is 11.5 Å². The van der Waals surface area contributed by atoms with Crippen LogP contribution in [-0.2, 0) is 6.42 Å². The van der Waals surface area contributed by atoms with Crippen molar-refractivity contribution in [1.29, 1.82) is 0 Å². The molecule has 2 N–H and O–H groups in total. The minimum Gasteiger partial charge on any atom is -0.349 e. The Kier molecular flexibility index (Phi) is 5.03. The highest BCUT2D eigenvalue weighted by molar-refractivity contribution is 5.95. The molecular weight excluding hydrogens is 390 g/mol. The lowest BCUT2D eigenvalue weighted by molar-refractivity contribution is 0.0951. The first-order valence-corrected chi connectivity index (χ1v) is 10.5. The zero-order chi connectivity index (χ0) is 21.2. The van der Waals surface area contributed by atoms with Crippen LogP contribution in [0.25, 0.3) is 17.2 Å². The molecule has 0 unspecified atom stereocenters. The fourth-order valence-electron chi connectivity index (χ4n) is 3.39. The Hall–Kier alpha value is -3.81. The van der Waals surface area contributed by atoms with E-state index in [9.17, 15) is 4.79 Å². The molecule has 1 aromatic carbocycles. The second-order valence-corrected chi connectivity index (χ2v) is 7.73. The van der Waals surface area contributed by atoms with Crippen molar-refractivity contribution in [1.82, 2.24) is 29.9 Å². The molecule has 1 fully saturated rings. The van der Waals surface area contributed by atoms with Gasteiger partial charge in [0.2, 0.25) is 0 Å². The average Bonchev–Trinajstić information content (AvgIpc) is 3.49. The van der Waals surface area contributed by atoms with Crippen LogP contribution in [0.3, 0.4) is 0 Å². The molecule has 156 valence electrons. The molecule has 1 saturated carbocycles. The van der Waals surface area contributed by atoms with Gasteiger partial charge in [0.05, 0.1) is 0 Å². The molecule has 1 aliphatic rings. The molecule has 31 heavy (non-hydrogen) atoms. The number of benzene rings is 1. The largest absolute Gasteiger partial charge is 0.349 e. The van der Waals surface area contributed by atoms with Gasteiger partial charge in [0.1, 0.15) is 5.82 Å². The molecule has 1 amide bonds. The number of hydrogen-bond donors (Lipinski definition) is 2. The van der Waals surface area contributed by atoms with E-state index in [-0.39, 0.29) is 5.91 Å². The van der Waals surface area contributed by atoms with Gasteiger partial charge in [-0.3, -0.25) is 9.78 Å². The molecule has 0 atom stereocenters. The lowest BCUT2D eigenvalue weighted by Gasteiger charge is -2.11. The highest BCUT2D eigenvalue weighted by Crippen LogP contribution is 2.23. The SMILES string of the molecule is CCCc1cc(Nc2cccc(C(=O)NC3CC3)c2)n2nc(-c3cccnc3)nc2n1. The number of aryl methyl sites for hydroxylation is 1. The monoisotopic (exact) mass is 413 g/mol. The van der Waals surface area contributed by atoms with Crippen molar-refractivity contribution < 1.29 is 4.79 Å². The Morgan fingerprint density at radius 2 is 2.06 bits per heavy atom. The topological polar surface area (TPSA) is 97.1 Å². The number of carbonyl (C=O) groups is 1. The maximum absolute atomic E-state index is 12.4. The van der Waals surface area contributed by atoms with Crippen molar-refractivity contribution in [3.05, 3.63) is 66.1 Å². The number of carbonyl (C=O) groups excluding carboxylic acids is 1. The molecule has 3 aromatic heterocycles. The summed E-state index contributed by atoms with van der Waals surface area (Å²) in [5.74, 6) is 1.79. The number of aromatic nitrogens is 5. The van der Waals surface area contributed by atoms with Crippen LogP contribution in [0.15, 0.2) is 54.9 Å². The second-order valence-electron chi connectivity index (χ2n) is 7.73. The number of nitrogens with zero attached hydrogens (tertiary/aromatic N) is 5. The maximum Gasteiger partial charge on any atom is 0.254 e. The quantitative estimate of drug-likeness (QED) is 0.479. The number of anilines is 2. The molecule has 4 aromatic rings. The van der Waals surface area contributed by atoms with Gasteiger partial charge in [-0.25, -0.2) is 4.98 Å². The van der Waals surface area contributed by atoms with Crippen LogP contribution in [0.2, 0.25) is 0 Å². The lowest BCUT2D eigenvalue weighted by Crippen LogP contribution is -2.25. The molecule has 1 aliphatic carbocycles. The van der Waals surface area contributed by atoms with E-state index in [4.69, 9.17) is 0 Å². The Bertz CT molecular complexity index is 1230. The third-order valence-corrected chi connectivity index (χ3v) is 5.10. The van der Waals surface area contributed by atoms with Crippen LogP contribution >= 0.6 is 0 Å². The first-order chi connectivity index (χ1) is 15.2. The summed E-state index contributed by atoms with van der Waals surface area (Å²) in [7, 11) is 0. The van der Waals surface area contributed by atoms with Crippen molar-refractivity contribution in [2.45, 2.75) is 38.6 Å². The van der Waals surface area contributed by atoms with E-state index in [1.54, 1.807) is 16.9 Å². The third-order valence-electron chi connectivity index (χ3n) is 5.10. The van der Waals surface area contributed by atoms with E-state index >= 15 is 0 Å². The molecule has 8 nitrogen and oxygen atoms in total. The number of fused-ring (bicyclic) bond motifs is 1. The van der Waals surface area contributed by atoms with Gasteiger partial charge in [0.15, 0.2) is 5.82 Å². The van der Waals surface area contributed by atoms with E-state index in [1.165, 1.54) is 0 Å². The predicted molar refractivity (Wildman–Crippen MR) is 118 cm³/mol. The summed E-state index contributed by atoms with van der Waals surface area (Å²) in [5, 5.41) is 11.1. The minimum atomic E-state index is -0.0442. The molecule has 0 radical (unpaired) electrons. The number of pyridine rings is 1. The molecule has 5 rings (SSSR count). The van der Waals surface area contributed by atoms with Crippen molar-refractivity contribution in [3.63, 3.8) is 0 Å². The second kappa shape index (κ2) is 8.14. The van der Waals surface area contributed by atoms with E-state index < -0.39 is 0 Å². The van der Waals surface area contributed by atoms with Crippen LogP contribution < -0.4 is 10.6 Å². The summed E-state index contributed by atoms with van der Waals surface area (Å²) >= 11 is 0. The van der Waals surface area contributed by atoms with Gasteiger partial charge in [-0.15, -0.1) is 5.10 Å². The van der Waals surface area contributed by atoms with Gasteiger partial charge in [0.25, 0.3) is 11.7 Å². The van der Waals surface area contributed by atoms with Gasteiger partial charge in [-0.1, -0.05) is 19.4 Å². The maximum atomic E-state index is 12.4. The smallest absolute Gasteiger partial charge is 0.254 e. The van der Waals surface area contributed by atoms with Crippen molar-refractivity contribution in [3.8, 4) is 11.4 Å². The Morgan fingerprint density at radius 3 is 2.84 bits per heavy atom. The molecule has 0 saturated heterocycles. The molecule has 3 heterocycles. The van der Waals surface area contributed by atoms with Crippen LogP contribution in [0, 0.1) is 0 Å². The van der Waals surface area contributed by atoms with E-state index in [1.807, 2.05) is 42.5 Å². The summed E-state index contributed by atoms with van der Waals surface area (Å²) < 4.78 is 1.69. The van der Waals surface area contributed by atoms with E-state index in [0.717, 1.165) is 48.4 Å². The zero-order valence-corrected chi connectivity index (χ0v) is 17.2. The summed E-state index contributed by atoms with van der Waals surface area (Å²) in [4.78, 5) is 25.9. The highest BCUT2D eigenvalue weighted by atomic mass is 16.1. The summed E-state index contributed by atoms with van der Waals surface area (Å²) in [6.45, 7) is 2.12. The molecule has 0 spiro atoms. The zero-order valence-electron chi connectivity index (χ0n) is 17.2. The molecule has 0 bridgehead atoms. The molecule has 8 heteroatoms. The van der Waals surface area contributed by atoms with Crippen LogP contribution in [0.5, 0.6) is 0 Å². The van der Waals surface area contributed by atoms with Crippen molar-refractivity contribution >= 4 is 23.2 Å². The van der Waals surface area contributed by atoms with Gasteiger partial charge in [-0.05, 0) is 49.6 Å². The van der Waals surface area contributed by atoms with Crippen LogP contribution in [-0.4, -0.2) is 36.5 Å². The fourth-order valence-corrected chi connectivity index (χ4v) is 3.39. The average molecular weight is 413 g/mol. The molecule has 0 aliphatic heterocycles. The minimum absolute atomic E-state index is 0.0442. The van der Waals surface area contributed by atoms with Gasteiger partial charge < -0.3 is 10.6 Å². The van der Waals surface area contributed by atoms with Crippen molar-refractivity contribution in [2.24, 2.45) is 0 Å². The van der Waals surface area contributed by atoms with Crippen LogP contribution in [0.1, 0.15) is 42.2 Å². The number of hydrogen-bond acceptors (Lipinski definition) is 6. The number of amides is 1. The van der Waals surface area contributed by atoms with Gasteiger partial charge >= 0.3 is 0 Å². The first-order valence-electron chi connectivity index (χ1n) is 10.5. The summed E-state index contributed by atoms with van der Waals surface area (Å²) in [6, 6.07) is 13.6. The van der Waals surface area contributed by atoms with E-state index in [0.29, 0.717) is 23.2 Å². The van der Waals surface area contributed by atoms with E-state index in [2.05, 4.69) is 37.6 Å². The normalized spacial score (nSPS) is 13.3. The van der Waals surface area contributed by atoms with Gasteiger partial charge in [-0.2, -0.15) is 9.50 Å². The predicted octanol–water partition coefficient (Wildman–Crippen LogP) is 3.77. The Morgan fingerprint density at radius 1 is 1.16 bits per heavy atom. The Balaban J connectivity index is 1.50. The third kappa shape index (κ3) is 4.23.